The normalized spacial score (nSPS) is 31.8. The van der Waals surface area contributed by atoms with Crippen molar-refractivity contribution in [1.29, 1.82) is 0 Å². The van der Waals surface area contributed by atoms with Gasteiger partial charge in [-0.1, -0.05) is 20.8 Å². The Kier molecular flexibility index (Phi) is 3.08. The molecule has 2 fully saturated rings. The second-order valence-electron chi connectivity index (χ2n) is 7.83. The van der Waals surface area contributed by atoms with E-state index in [4.69, 9.17) is 0 Å². The second-order valence-corrected chi connectivity index (χ2v) is 9.90. The molecule has 130 valence electrons. The largest absolute Gasteiger partial charge is 0.355 e. The number of anilines is 1. The molecule has 8 heteroatoms. The van der Waals surface area contributed by atoms with E-state index in [9.17, 15) is 8.42 Å². The van der Waals surface area contributed by atoms with E-state index >= 15 is 0 Å². The molecule has 0 aromatic carbocycles. The van der Waals surface area contributed by atoms with Gasteiger partial charge in [-0.3, -0.25) is 0 Å². The van der Waals surface area contributed by atoms with Gasteiger partial charge in [0.1, 0.15) is 12.1 Å². The molecule has 2 aliphatic rings. The molecule has 0 spiro atoms. The van der Waals surface area contributed by atoms with Crippen LogP contribution < -0.4 is 4.90 Å². The quantitative estimate of drug-likeness (QED) is 0.812. The summed E-state index contributed by atoms with van der Waals surface area (Å²) in [5.74, 6) is 2.14. The summed E-state index contributed by atoms with van der Waals surface area (Å²) in [6.45, 7) is 9.76. The average molecular weight is 349 g/mol. The van der Waals surface area contributed by atoms with E-state index in [1.54, 1.807) is 4.52 Å². The van der Waals surface area contributed by atoms with Crippen LogP contribution in [0.4, 0.5) is 5.82 Å². The van der Waals surface area contributed by atoms with Gasteiger partial charge in [0, 0.05) is 35.2 Å². The minimum absolute atomic E-state index is 0.235. The highest BCUT2D eigenvalue weighted by Crippen LogP contribution is 2.53. The van der Waals surface area contributed by atoms with Gasteiger partial charge in [-0.15, -0.1) is 0 Å². The highest BCUT2D eigenvalue weighted by atomic mass is 32.2. The van der Waals surface area contributed by atoms with Gasteiger partial charge in [0.05, 0.1) is 11.5 Å². The lowest BCUT2D eigenvalue weighted by Gasteiger charge is -2.29. The lowest BCUT2D eigenvalue weighted by molar-refractivity contribution is 0.212. The van der Waals surface area contributed by atoms with Crippen LogP contribution in [-0.4, -0.2) is 52.6 Å². The van der Waals surface area contributed by atoms with E-state index < -0.39 is 9.84 Å². The summed E-state index contributed by atoms with van der Waals surface area (Å²) in [6, 6.07) is 0. The van der Waals surface area contributed by atoms with Crippen molar-refractivity contribution in [1.82, 2.24) is 19.6 Å². The van der Waals surface area contributed by atoms with Crippen LogP contribution in [-0.2, 0) is 16.3 Å². The van der Waals surface area contributed by atoms with Crippen molar-refractivity contribution in [3.8, 4) is 0 Å². The van der Waals surface area contributed by atoms with Gasteiger partial charge in [-0.2, -0.15) is 14.6 Å². The number of sulfone groups is 1. The third kappa shape index (κ3) is 2.01. The van der Waals surface area contributed by atoms with Crippen LogP contribution >= 0.6 is 0 Å². The van der Waals surface area contributed by atoms with Crippen molar-refractivity contribution in [3.63, 3.8) is 0 Å². The second kappa shape index (κ2) is 4.68. The smallest absolute Gasteiger partial charge is 0.254 e. The van der Waals surface area contributed by atoms with Crippen molar-refractivity contribution >= 4 is 21.4 Å². The molecule has 2 aromatic rings. The highest BCUT2D eigenvalue weighted by molar-refractivity contribution is 7.91. The number of fused-ring (bicyclic) bond motifs is 2. The Balaban J connectivity index is 1.85. The van der Waals surface area contributed by atoms with Gasteiger partial charge in [0.15, 0.2) is 9.84 Å². The van der Waals surface area contributed by atoms with E-state index in [1.807, 2.05) is 6.92 Å². The minimum atomic E-state index is -2.96. The zero-order valence-corrected chi connectivity index (χ0v) is 15.4. The Morgan fingerprint density at radius 2 is 1.83 bits per heavy atom. The molecular formula is C16H23N5O2S. The molecule has 7 nitrogen and oxygen atoms in total. The first kappa shape index (κ1) is 15.8. The Morgan fingerprint density at radius 1 is 1.21 bits per heavy atom. The molecule has 4 rings (SSSR count). The van der Waals surface area contributed by atoms with Crippen LogP contribution in [0.2, 0.25) is 0 Å². The van der Waals surface area contributed by atoms with Gasteiger partial charge in [-0.05, 0) is 13.3 Å². The van der Waals surface area contributed by atoms with E-state index in [1.165, 1.54) is 6.33 Å². The SMILES string of the molecule is CCc1c(C)nc2ncnn2c1N1C[C@@]2(C)CS(=O)(=O)C[C@@]2(C)C1. The van der Waals surface area contributed by atoms with Crippen LogP contribution in [0, 0.1) is 17.8 Å². The predicted molar refractivity (Wildman–Crippen MR) is 92.0 cm³/mol. The number of aromatic nitrogens is 4. The molecule has 24 heavy (non-hydrogen) atoms. The summed E-state index contributed by atoms with van der Waals surface area (Å²) in [5.41, 5.74) is 1.65. The molecule has 2 saturated heterocycles. The van der Waals surface area contributed by atoms with Crippen molar-refractivity contribution in [2.45, 2.75) is 34.1 Å². The van der Waals surface area contributed by atoms with Gasteiger partial charge < -0.3 is 4.90 Å². The van der Waals surface area contributed by atoms with E-state index in [0.29, 0.717) is 18.9 Å². The van der Waals surface area contributed by atoms with Gasteiger partial charge in [0.2, 0.25) is 0 Å². The van der Waals surface area contributed by atoms with Crippen LogP contribution in [0.25, 0.3) is 5.78 Å². The topological polar surface area (TPSA) is 80.5 Å². The lowest BCUT2D eigenvalue weighted by Crippen LogP contribution is -2.34. The summed E-state index contributed by atoms with van der Waals surface area (Å²) in [6.07, 6.45) is 2.38. The summed E-state index contributed by atoms with van der Waals surface area (Å²) in [4.78, 5) is 11.1. The molecule has 0 unspecified atom stereocenters. The van der Waals surface area contributed by atoms with E-state index in [-0.39, 0.29) is 22.3 Å². The maximum absolute atomic E-state index is 12.2. The molecule has 0 amide bonds. The fraction of sp³-hybridized carbons (Fsp3) is 0.688. The Bertz CT molecular complexity index is 911. The molecule has 0 N–H and O–H groups in total. The summed E-state index contributed by atoms with van der Waals surface area (Å²) in [5, 5.41) is 4.36. The molecule has 0 bridgehead atoms. The lowest BCUT2D eigenvalue weighted by atomic mass is 9.71. The highest BCUT2D eigenvalue weighted by Gasteiger charge is 2.60. The summed E-state index contributed by atoms with van der Waals surface area (Å²) < 4.78 is 26.2. The first-order chi connectivity index (χ1) is 11.2. The molecule has 2 aliphatic heterocycles. The molecule has 0 radical (unpaired) electrons. The molecule has 0 aliphatic carbocycles. The fourth-order valence-corrected chi connectivity index (χ4v) is 7.52. The Hall–Kier alpha value is -1.70. The summed E-state index contributed by atoms with van der Waals surface area (Å²) in [7, 11) is -2.96. The zero-order chi connectivity index (χ0) is 17.3. The maximum Gasteiger partial charge on any atom is 0.254 e. The first-order valence-corrected chi connectivity index (χ1v) is 10.1. The molecular weight excluding hydrogens is 326 g/mol. The monoisotopic (exact) mass is 349 g/mol. The molecule has 2 aromatic heterocycles. The van der Waals surface area contributed by atoms with Gasteiger partial charge in [0.25, 0.3) is 5.78 Å². The summed E-state index contributed by atoms with van der Waals surface area (Å²) >= 11 is 0. The van der Waals surface area contributed by atoms with Crippen LogP contribution in [0.5, 0.6) is 0 Å². The van der Waals surface area contributed by atoms with Crippen molar-refractivity contribution in [3.05, 3.63) is 17.6 Å². The van der Waals surface area contributed by atoms with Crippen molar-refractivity contribution in [2.24, 2.45) is 10.8 Å². The Morgan fingerprint density at radius 3 is 2.42 bits per heavy atom. The Labute approximate surface area is 142 Å². The zero-order valence-electron chi connectivity index (χ0n) is 14.6. The number of rotatable bonds is 2. The van der Waals surface area contributed by atoms with Crippen molar-refractivity contribution in [2.75, 3.05) is 29.5 Å². The third-order valence-corrected chi connectivity index (χ3v) is 8.13. The van der Waals surface area contributed by atoms with E-state index in [2.05, 4.69) is 40.7 Å². The van der Waals surface area contributed by atoms with E-state index in [0.717, 1.165) is 23.5 Å². The van der Waals surface area contributed by atoms with Gasteiger partial charge >= 0.3 is 0 Å². The molecule has 0 saturated carbocycles. The fourth-order valence-electron chi connectivity index (χ4n) is 4.60. The minimum Gasteiger partial charge on any atom is -0.355 e. The van der Waals surface area contributed by atoms with Crippen molar-refractivity contribution < 1.29 is 8.42 Å². The van der Waals surface area contributed by atoms with Crippen LogP contribution in [0.3, 0.4) is 0 Å². The third-order valence-electron chi connectivity index (χ3n) is 5.97. The number of hydrogen-bond donors (Lipinski definition) is 0. The van der Waals surface area contributed by atoms with Gasteiger partial charge in [-0.25, -0.2) is 13.4 Å². The average Bonchev–Trinajstić information content (AvgIpc) is 3.03. The number of hydrogen-bond acceptors (Lipinski definition) is 6. The van der Waals surface area contributed by atoms with Crippen LogP contribution in [0.1, 0.15) is 32.0 Å². The van der Waals surface area contributed by atoms with Crippen LogP contribution in [0.15, 0.2) is 6.33 Å². The maximum atomic E-state index is 12.2. The number of aryl methyl sites for hydroxylation is 1. The first-order valence-electron chi connectivity index (χ1n) is 8.33. The molecule has 2 atom stereocenters. The standard InChI is InChI=1S/C16H23N5O2S/c1-5-12-11(2)19-14-17-10-18-21(14)13(12)20-6-15(3)8-24(22,23)9-16(15,4)7-20/h10H,5-9H2,1-4H3/t15-,16+. The number of nitrogens with zero attached hydrogens (tertiary/aromatic N) is 5. The molecule has 4 heterocycles. The predicted octanol–water partition coefficient (Wildman–Crippen LogP) is 1.26.